The van der Waals surface area contributed by atoms with E-state index >= 15 is 0 Å². The maximum atomic E-state index is 13.6. The summed E-state index contributed by atoms with van der Waals surface area (Å²) < 4.78 is 27.1. The number of fused-ring (bicyclic) bond motifs is 1. The molecule has 9 nitrogen and oxygen atoms in total. The smallest absolute Gasteiger partial charge is 0.244 e. The summed E-state index contributed by atoms with van der Waals surface area (Å²) in [4.78, 5) is 29.0. The van der Waals surface area contributed by atoms with Crippen molar-refractivity contribution in [3.8, 4) is 28.7 Å². The monoisotopic (exact) mass is 538 g/mol. The van der Waals surface area contributed by atoms with E-state index in [1.807, 2.05) is 36.4 Å². The second-order valence-electron chi connectivity index (χ2n) is 8.33. The Kier molecular flexibility index (Phi) is 8.52. The Morgan fingerprint density at radius 2 is 1.53 bits per heavy atom. The van der Waals surface area contributed by atoms with Crippen LogP contribution in [0.1, 0.15) is 17.2 Å². The number of carbonyl (C=O) groups is 2. The van der Waals surface area contributed by atoms with Crippen molar-refractivity contribution in [1.82, 2.24) is 0 Å². The van der Waals surface area contributed by atoms with E-state index in [2.05, 4.69) is 5.32 Å². The van der Waals surface area contributed by atoms with Crippen LogP contribution in [-0.4, -0.2) is 53.9 Å². The zero-order chi connectivity index (χ0) is 27.2. The lowest BCUT2D eigenvalue weighted by atomic mass is 10.1. The van der Waals surface area contributed by atoms with Crippen LogP contribution >= 0.6 is 11.8 Å². The highest BCUT2D eigenvalue weighted by atomic mass is 32.2. The fourth-order valence-electron chi connectivity index (χ4n) is 4.28. The topological polar surface area (TPSA) is 95.6 Å². The number of methoxy groups -OCH3 is 5. The van der Waals surface area contributed by atoms with Gasteiger partial charge in [0, 0.05) is 28.3 Å². The second-order valence-corrected chi connectivity index (χ2v) is 9.58. The van der Waals surface area contributed by atoms with Crippen LogP contribution in [0.3, 0.4) is 0 Å². The Labute approximate surface area is 226 Å². The first-order chi connectivity index (χ1) is 18.4. The van der Waals surface area contributed by atoms with Gasteiger partial charge in [0.25, 0.3) is 0 Å². The summed E-state index contributed by atoms with van der Waals surface area (Å²) in [6, 6.07) is 16.4. The van der Waals surface area contributed by atoms with Crippen molar-refractivity contribution in [2.45, 2.75) is 16.6 Å². The molecular weight excluding hydrogens is 508 g/mol. The van der Waals surface area contributed by atoms with Crippen molar-refractivity contribution in [2.24, 2.45) is 0 Å². The van der Waals surface area contributed by atoms with Gasteiger partial charge in [0.2, 0.25) is 17.6 Å². The summed E-state index contributed by atoms with van der Waals surface area (Å²) in [5.41, 5.74) is 2.07. The zero-order valence-corrected chi connectivity index (χ0v) is 22.7. The lowest BCUT2D eigenvalue weighted by Crippen LogP contribution is -2.38. The van der Waals surface area contributed by atoms with Gasteiger partial charge in [-0.15, -0.1) is 11.8 Å². The van der Waals surface area contributed by atoms with E-state index in [-0.39, 0.29) is 30.0 Å². The van der Waals surface area contributed by atoms with Gasteiger partial charge in [-0.25, -0.2) is 0 Å². The predicted octanol–water partition coefficient (Wildman–Crippen LogP) is 4.94. The lowest BCUT2D eigenvalue weighted by Gasteiger charge is -2.22. The van der Waals surface area contributed by atoms with Crippen LogP contribution in [0.15, 0.2) is 59.5 Å². The molecule has 0 radical (unpaired) electrons. The summed E-state index contributed by atoms with van der Waals surface area (Å²) in [6.07, 6.45) is 0.168. The van der Waals surface area contributed by atoms with E-state index in [0.717, 1.165) is 10.5 Å². The maximum absolute atomic E-state index is 13.6. The first-order valence-corrected chi connectivity index (χ1v) is 12.7. The first kappa shape index (κ1) is 27.0. The highest BCUT2D eigenvalue weighted by Crippen LogP contribution is 2.49. The summed E-state index contributed by atoms with van der Waals surface area (Å²) >= 11 is 1.55. The van der Waals surface area contributed by atoms with E-state index in [4.69, 9.17) is 23.7 Å². The van der Waals surface area contributed by atoms with Crippen molar-refractivity contribution in [3.05, 3.63) is 60.2 Å². The molecule has 0 spiro atoms. The number of hydrogen-bond donors (Lipinski definition) is 1. The van der Waals surface area contributed by atoms with Crippen LogP contribution in [0.5, 0.6) is 28.7 Å². The lowest BCUT2D eigenvalue weighted by molar-refractivity contribution is -0.121. The third kappa shape index (κ3) is 5.60. The third-order valence-corrected chi connectivity index (χ3v) is 7.44. The van der Waals surface area contributed by atoms with Gasteiger partial charge in [-0.1, -0.05) is 12.1 Å². The molecule has 0 unspecified atom stereocenters. The van der Waals surface area contributed by atoms with Gasteiger partial charge in [-0.05, 0) is 42.0 Å². The number of ether oxygens (including phenoxy) is 5. The van der Waals surface area contributed by atoms with Crippen LogP contribution in [-0.2, 0) is 9.59 Å². The summed E-state index contributed by atoms with van der Waals surface area (Å²) in [7, 11) is 7.73. The predicted molar refractivity (Wildman–Crippen MR) is 146 cm³/mol. The Bertz CT molecular complexity index is 1310. The minimum Gasteiger partial charge on any atom is -0.493 e. The molecule has 0 aliphatic carbocycles. The molecule has 10 heteroatoms. The number of para-hydroxylation sites is 1. The van der Waals surface area contributed by atoms with Crippen LogP contribution in [0.2, 0.25) is 0 Å². The van der Waals surface area contributed by atoms with E-state index < -0.39 is 0 Å². The Morgan fingerprint density at radius 1 is 0.868 bits per heavy atom. The Balaban J connectivity index is 1.61. The molecule has 38 heavy (non-hydrogen) atoms. The number of anilines is 2. The molecule has 0 saturated heterocycles. The highest BCUT2D eigenvalue weighted by molar-refractivity contribution is 7.99. The van der Waals surface area contributed by atoms with Crippen LogP contribution in [0, 0.1) is 0 Å². The Hall–Kier alpha value is -4.05. The second kappa shape index (κ2) is 12.0. The molecule has 1 heterocycles. The van der Waals surface area contributed by atoms with Crippen molar-refractivity contribution in [3.63, 3.8) is 0 Å². The summed E-state index contributed by atoms with van der Waals surface area (Å²) in [5.74, 6) is 2.04. The minimum atomic E-state index is -0.336. The molecule has 3 aromatic carbocycles. The van der Waals surface area contributed by atoms with Crippen molar-refractivity contribution >= 4 is 35.0 Å². The molecule has 0 fully saturated rings. The third-order valence-electron chi connectivity index (χ3n) is 6.11. The van der Waals surface area contributed by atoms with Gasteiger partial charge >= 0.3 is 0 Å². The molecule has 3 aromatic rings. The summed E-state index contributed by atoms with van der Waals surface area (Å²) in [5, 5.41) is 2.61. The minimum absolute atomic E-state index is 0.146. The normalized spacial score (nSPS) is 14.7. The molecule has 200 valence electrons. The van der Waals surface area contributed by atoms with Gasteiger partial charge in [0.05, 0.1) is 41.2 Å². The van der Waals surface area contributed by atoms with Crippen LogP contribution < -0.4 is 33.9 Å². The van der Waals surface area contributed by atoms with Gasteiger partial charge in [0.1, 0.15) is 6.54 Å². The van der Waals surface area contributed by atoms with Crippen molar-refractivity contribution < 1.29 is 33.3 Å². The molecule has 1 aliphatic rings. The quantitative estimate of drug-likeness (QED) is 0.410. The molecule has 1 aliphatic heterocycles. The Morgan fingerprint density at radius 3 is 2.16 bits per heavy atom. The van der Waals surface area contributed by atoms with Gasteiger partial charge in [-0.2, -0.15) is 0 Å². The van der Waals surface area contributed by atoms with E-state index in [1.54, 1.807) is 58.4 Å². The van der Waals surface area contributed by atoms with Gasteiger partial charge in [-0.3, -0.25) is 9.59 Å². The molecule has 1 N–H and O–H groups in total. The van der Waals surface area contributed by atoms with Crippen molar-refractivity contribution in [1.29, 1.82) is 0 Å². The fraction of sp³-hybridized carbons (Fsp3) is 0.286. The number of nitrogens with zero attached hydrogens (tertiary/aromatic N) is 1. The van der Waals surface area contributed by atoms with E-state index in [9.17, 15) is 9.59 Å². The molecule has 0 aromatic heterocycles. The molecule has 0 bridgehead atoms. The maximum Gasteiger partial charge on any atom is 0.244 e. The standard InChI is InChI=1S/C28H30N2O7S/c1-33-20-11-10-18(14-21(20)34-2)29-26(31)16-30-19-8-6-7-9-24(19)38-25(15-27(30)32)17-12-22(35-3)28(37-5)23(13-17)36-4/h6-14,25H,15-16H2,1-5H3,(H,29,31)/t25-/m1/s1. The average Bonchev–Trinajstić information content (AvgIpc) is 3.08. The largest absolute Gasteiger partial charge is 0.493 e. The molecule has 4 rings (SSSR count). The van der Waals surface area contributed by atoms with Crippen LogP contribution in [0.4, 0.5) is 11.4 Å². The zero-order valence-electron chi connectivity index (χ0n) is 21.9. The first-order valence-electron chi connectivity index (χ1n) is 11.8. The fourth-order valence-corrected chi connectivity index (χ4v) is 5.54. The molecule has 0 saturated carbocycles. The molecule has 2 amide bonds. The van der Waals surface area contributed by atoms with Gasteiger partial charge in [0.15, 0.2) is 23.0 Å². The number of hydrogen-bond acceptors (Lipinski definition) is 8. The number of benzene rings is 3. The van der Waals surface area contributed by atoms with Crippen molar-refractivity contribution in [2.75, 3.05) is 52.3 Å². The highest BCUT2D eigenvalue weighted by Gasteiger charge is 2.31. The number of rotatable bonds is 9. The SMILES string of the molecule is COc1ccc(NC(=O)CN2C(=O)C[C@H](c3cc(OC)c(OC)c(OC)c3)Sc3ccccc32)cc1OC. The summed E-state index contributed by atoms with van der Waals surface area (Å²) in [6.45, 7) is -0.146. The van der Waals surface area contributed by atoms with Gasteiger partial charge < -0.3 is 33.9 Å². The number of carbonyl (C=O) groups excluding carboxylic acids is 2. The number of nitrogens with one attached hydrogen (secondary N) is 1. The van der Waals surface area contributed by atoms with E-state index in [0.29, 0.717) is 40.1 Å². The molecule has 1 atom stereocenters. The van der Waals surface area contributed by atoms with E-state index in [1.165, 1.54) is 12.0 Å². The molecular formula is C28H30N2O7S. The average molecular weight is 539 g/mol. The van der Waals surface area contributed by atoms with Crippen LogP contribution in [0.25, 0.3) is 0 Å². The number of thioether (sulfide) groups is 1. The number of amides is 2.